The molecule has 6 nitrogen and oxygen atoms in total. The topological polar surface area (TPSA) is 87.5 Å². The molecule has 0 spiro atoms. The minimum Gasteiger partial charge on any atom is -0.394 e. The van der Waals surface area contributed by atoms with Crippen LogP contribution >= 0.6 is 12.2 Å². The Bertz CT molecular complexity index is 592. The fraction of sp³-hybridized carbons (Fsp3) is 0.667. The van der Waals surface area contributed by atoms with Crippen LogP contribution in [0, 0.1) is 4.64 Å². The lowest BCUT2D eigenvalue weighted by Gasteiger charge is -2.15. The normalized spacial score (nSPS) is 30.7. The fourth-order valence-corrected chi connectivity index (χ4v) is 2.76. The number of nitrogens with zero attached hydrogens (tertiary/aromatic N) is 1. The van der Waals surface area contributed by atoms with Crippen molar-refractivity contribution in [1.29, 1.82) is 0 Å². The van der Waals surface area contributed by atoms with Crippen LogP contribution in [0.4, 0.5) is 0 Å². The molecule has 0 radical (unpaired) electrons. The molecule has 0 amide bonds. The van der Waals surface area contributed by atoms with Crippen molar-refractivity contribution in [3.05, 3.63) is 26.9 Å². The van der Waals surface area contributed by atoms with Gasteiger partial charge in [-0.1, -0.05) is 12.2 Å². The number of aromatic amines is 1. The molecule has 1 saturated carbocycles. The lowest BCUT2D eigenvalue weighted by Crippen LogP contribution is -2.28. The average molecular weight is 284 g/mol. The summed E-state index contributed by atoms with van der Waals surface area (Å²) >= 11 is 5.16. The van der Waals surface area contributed by atoms with Crippen molar-refractivity contribution in [1.82, 2.24) is 9.55 Å². The van der Waals surface area contributed by atoms with Gasteiger partial charge >= 0.3 is 5.69 Å². The van der Waals surface area contributed by atoms with E-state index in [0.29, 0.717) is 17.0 Å². The molecule has 1 aromatic rings. The Balaban J connectivity index is 1.95. The summed E-state index contributed by atoms with van der Waals surface area (Å²) in [5.41, 5.74) is 0.616. The van der Waals surface area contributed by atoms with Crippen molar-refractivity contribution in [3.63, 3.8) is 0 Å². The molecule has 1 aliphatic heterocycles. The molecule has 1 aliphatic carbocycles. The van der Waals surface area contributed by atoms with Gasteiger partial charge in [0.05, 0.1) is 12.7 Å². The van der Waals surface area contributed by atoms with E-state index < -0.39 is 18.4 Å². The van der Waals surface area contributed by atoms with Gasteiger partial charge in [-0.05, 0) is 18.8 Å². The number of rotatable bonds is 3. The molecule has 3 rings (SSSR count). The Morgan fingerprint density at radius 2 is 2.26 bits per heavy atom. The van der Waals surface area contributed by atoms with Gasteiger partial charge in [-0.15, -0.1) is 0 Å². The predicted molar refractivity (Wildman–Crippen MR) is 69.5 cm³/mol. The Morgan fingerprint density at radius 1 is 1.53 bits per heavy atom. The summed E-state index contributed by atoms with van der Waals surface area (Å²) in [7, 11) is 0. The van der Waals surface area contributed by atoms with Crippen LogP contribution < -0.4 is 5.69 Å². The molecule has 0 bridgehead atoms. The molecule has 7 heteroatoms. The van der Waals surface area contributed by atoms with Crippen molar-refractivity contribution < 1.29 is 14.9 Å². The van der Waals surface area contributed by atoms with Gasteiger partial charge in [0.1, 0.15) is 17.0 Å². The SMILES string of the molecule is O=c1[nH]c(=S)c(C2CC2)cn1[C@H]1C[C@H](O)[C@@H](CO)O1. The summed E-state index contributed by atoms with van der Waals surface area (Å²) in [6, 6.07) is 0. The van der Waals surface area contributed by atoms with Crippen molar-refractivity contribution >= 4 is 12.2 Å². The van der Waals surface area contributed by atoms with Crippen LogP contribution in [0.25, 0.3) is 0 Å². The third-order valence-electron chi connectivity index (χ3n) is 3.71. The molecule has 3 atom stereocenters. The van der Waals surface area contributed by atoms with Crippen molar-refractivity contribution in [2.24, 2.45) is 0 Å². The lowest BCUT2D eigenvalue weighted by atomic mass is 10.2. The van der Waals surface area contributed by atoms with Gasteiger partial charge < -0.3 is 14.9 Å². The highest BCUT2D eigenvalue weighted by atomic mass is 32.1. The van der Waals surface area contributed by atoms with Gasteiger partial charge in [0.15, 0.2) is 0 Å². The molecule has 2 heterocycles. The summed E-state index contributed by atoms with van der Waals surface area (Å²) in [5.74, 6) is 0.426. The third kappa shape index (κ3) is 2.38. The molecule has 2 fully saturated rings. The third-order valence-corrected chi connectivity index (χ3v) is 4.04. The van der Waals surface area contributed by atoms with E-state index >= 15 is 0 Å². The first-order valence-corrected chi connectivity index (χ1v) is 6.80. The summed E-state index contributed by atoms with van der Waals surface area (Å²) in [6.07, 6.45) is 2.25. The van der Waals surface area contributed by atoms with Crippen LogP contribution in [0.15, 0.2) is 11.0 Å². The predicted octanol–water partition coefficient (Wildman–Crippen LogP) is 0.424. The Kier molecular flexibility index (Phi) is 3.30. The number of aromatic nitrogens is 2. The van der Waals surface area contributed by atoms with E-state index in [1.54, 1.807) is 6.20 Å². The van der Waals surface area contributed by atoms with Crippen LogP contribution in [0.2, 0.25) is 0 Å². The van der Waals surface area contributed by atoms with Gasteiger partial charge in [0.2, 0.25) is 0 Å². The maximum atomic E-state index is 11.9. The maximum Gasteiger partial charge on any atom is 0.328 e. The first-order chi connectivity index (χ1) is 9.10. The highest BCUT2D eigenvalue weighted by Crippen LogP contribution is 2.40. The quantitative estimate of drug-likeness (QED) is 0.700. The zero-order chi connectivity index (χ0) is 13.6. The monoisotopic (exact) mass is 284 g/mol. The van der Waals surface area contributed by atoms with Gasteiger partial charge in [0.25, 0.3) is 0 Å². The van der Waals surface area contributed by atoms with E-state index in [0.717, 1.165) is 18.4 Å². The van der Waals surface area contributed by atoms with Gasteiger partial charge in [-0.3, -0.25) is 9.55 Å². The van der Waals surface area contributed by atoms with Crippen molar-refractivity contribution in [2.45, 2.75) is 43.6 Å². The van der Waals surface area contributed by atoms with E-state index in [4.69, 9.17) is 22.1 Å². The number of nitrogens with one attached hydrogen (secondary N) is 1. The first-order valence-electron chi connectivity index (χ1n) is 6.40. The van der Waals surface area contributed by atoms with Crippen LogP contribution in [0.3, 0.4) is 0 Å². The lowest BCUT2D eigenvalue weighted by molar-refractivity contribution is -0.0459. The minimum absolute atomic E-state index is 0.259. The molecule has 19 heavy (non-hydrogen) atoms. The smallest absolute Gasteiger partial charge is 0.328 e. The van der Waals surface area contributed by atoms with Gasteiger partial charge in [-0.25, -0.2) is 4.79 Å². The molecule has 0 unspecified atom stereocenters. The largest absolute Gasteiger partial charge is 0.394 e. The maximum absolute atomic E-state index is 11.9. The summed E-state index contributed by atoms with van der Waals surface area (Å²) < 4.78 is 7.41. The molecule has 0 aromatic carbocycles. The van der Waals surface area contributed by atoms with Crippen molar-refractivity contribution in [3.8, 4) is 0 Å². The molecule has 104 valence electrons. The molecule has 2 aliphatic rings. The zero-order valence-corrected chi connectivity index (χ0v) is 11.1. The van der Waals surface area contributed by atoms with E-state index in [-0.39, 0.29) is 12.3 Å². The zero-order valence-electron chi connectivity index (χ0n) is 10.3. The Morgan fingerprint density at radius 3 is 2.84 bits per heavy atom. The molecular formula is C12H16N2O4S. The highest BCUT2D eigenvalue weighted by Gasteiger charge is 2.35. The summed E-state index contributed by atoms with van der Waals surface area (Å²) in [4.78, 5) is 14.6. The van der Waals surface area contributed by atoms with Gasteiger partial charge in [-0.2, -0.15) is 0 Å². The average Bonchev–Trinajstić information content (AvgIpc) is 3.13. The summed E-state index contributed by atoms with van der Waals surface area (Å²) in [5, 5.41) is 18.8. The molecule has 3 N–H and O–H groups in total. The second kappa shape index (κ2) is 4.82. The number of ether oxygens (including phenoxy) is 1. The highest BCUT2D eigenvalue weighted by molar-refractivity contribution is 7.71. The van der Waals surface area contributed by atoms with Crippen molar-refractivity contribution in [2.75, 3.05) is 6.61 Å². The van der Waals surface area contributed by atoms with E-state index in [2.05, 4.69) is 4.98 Å². The van der Waals surface area contributed by atoms with E-state index in [1.807, 2.05) is 0 Å². The van der Waals surface area contributed by atoms with Crippen LogP contribution in [-0.2, 0) is 4.74 Å². The van der Waals surface area contributed by atoms with Crippen LogP contribution in [-0.4, -0.2) is 38.6 Å². The number of hydrogen-bond donors (Lipinski definition) is 3. The van der Waals surface area contributed by atoms with Gasteiger partial charge in [0, 0.05) is 18.2 Å². The summed E-state index contributed by atoms with van der Waals surface area (Å²) in [6.45, 7) is -0.259. The second-order valence-electron chi connectivity index (χ2n) is 5.14. The first kappa shape index (κ1) is 13.0. The number of aliphatic hydroxyl groups is 2. The van der Waals surface area contributed by atoms with Crippen LogP contribution in [0.1, 0.15) is 37.0 Å². The fourth-order valence-electron chi connectivity index (χ4n) is 2.45. The number of H-pyrrole nitrogens is 1. The molecular weight excluding hydrogens is 268 g/mol. The number of aliphatic hydroxyl groups excluding tert-OH is 2. The minimum atomic E-state index is -0.755. The number of hydrogen-bond acceptors (Lipinski definition) is 5. The Labute approximate surface area is 114 Å². The van der Waals surface area contributed by atoms with E-state index in [1.165, 1.54) is 4.57 Å². The molecule has 1 saturated heterocycles. The Hall–Kier alpha value is -1.02. The van der Waals surface area contributed by atoms with Crippen LogP contribution in [0.5, 0.6) is 0 Å². The molecule has 1 aromatic heterocycles. The standard InChI is InChI=1S/C12H16N2O4S/c15-5-9-8(16)3-10(18-9)14-4-7(6-1-2-6)11(19)13-12(14)17/h4,6,8-10,15-16H,1-3,5H2,(H,13,17,19)/t8-,9+,10+/m0/s1. The second-order valence-corrected chi connectivity index (χ2v) is 5.55. The van der Waals surface area contributed by atoms with E-state index in [9.17, 15) is 9.90 Å².